The van der Waals surface area contributed by atoms with Gasteiger partial charge in [0, 0.05) is 11.5 Å². The van der Waals surface area contributed by atoms with Crippen molar-refractivity contribution >= 4 is 27.8 Å². The number of hydrogen-bond acceptors (Lipinski definition) is 3. The van der Waals surface area contributed by atoms with Crippen molar-refractivity contribution in [3.8, 4) is 5.75 Å². The number of rotatable bonds is 5. The molecule has 0 aliphatic carbocycles. The molecule has 0 radical (unpaired) electrons. The Morgan fingerprint density at radius 1 is 1.42 bits per heavy atom. The lowest BCUT2D eigenvalue weighted by molar-refractivity contribution is -0.156. The normalized spacial score (nSPS) is 10.9. The molecule has 6 heteroatoms. The maximum absolute atomic E-state index is 11.9. The molecule has 0 aliphatic heterocycles. The van der Waals surface area contributed by atoms with Crippen LogP contribution in [0.5, 0.6) is 5.75 Å². The average molecular weight is 330 g/mol. The van der Waals surface area contributed by atoms with Crippen LogP contribution in [-0.4, -0.2) is 41.1 Å². The van der Waals surface area contributed by atoms with Crippen LogP contribution in [-0.2, 0) is 9.59 Å². The second kappa shape index (κ2) is 6.06. The van der Waals surface area contributed by atoms with E-state index in [4.69, 9.17) is 9.84 Å². The van der Waals surface area contributed by atoms with Gasteiger partial charge in [-0.2, -0.15) is 0 Å². The van der Waals surface area contributed by atoms with E-state index in [9.17, 15) is 9.59 Å². The summed E-state index contributed by atoms with van der Waals surface area (Å²) in [6, 6.07) is 7.08. The molecule has 0 atom stereocenters. The quantitative estimate of drug-likeness (QED) is 0.898. The summed E-state index contributed by atoms with van der Waals surface area (Å²) in [5.41, 5.74) is -1.27. The molecule has 0 fully saturated rings. The van der Waals surface area contributed by atoms with Gasteiger partial charge in [0.1, 0.15) is 11.3 Å². The van der Waals surface area contributed by atoms with Crippen LogP contribution in [0.1, 0.15) is 13.8 Å². The molecule has 0 saturated carbocycles. The summed E-state index contributed by atoms with van der Waals surface area (Å²) >= 11 is 3.30. The minimum Gasteiger partial charge on any atom is -0.484 e. The molecule has 0 unspecified atom stereocenters. The van der Waals surface area contributed by atoms with Crippen LogP contribution in [0.25, 0.3) is 0 Å². The fraction of sp³-hybridized carbons (Fsp3) is 0.385. The van der Waals surface area contributed by atoms with Crippen LogP contribution in [0.3, 0.4) is 0 Å². The summed E-state index contributed by atoms with van der Waals surface area (Å²) in [6.45, 7) is 2.72. The zero-order valence-corrected chi connectivity index (χ0v) is 12.6. The highest BCUT2D eigenvalue weighted by Gasteiger charge is 2.35. The Kier molecular flexibility index (Phi) is 4.94. The van der Waals surface area contributed by atoms with E-state index in [1.54, 1.807) is 18.2 Å². The van der Waals surface area contributed by atoms with Crippen molar-refractivity contribution < 1.29 is 19.4 Å². The molecule has 1 aromatic rings. The molecule has 0 heterocycles. The molecular formula is C13H16BrNO4. The minimum absolute atomic E-state index is 0.205. The largest absolute Gasteiger partial charge is 0.484 e. The zero-order chi connectivity index (χ0) is 14.6. The first-order valence-corrected chi connectivity index (χ1v) is 6.43. The fourth-order valence-corrected chi connectivity index (χ4v) is 1.63. The van der Waals surface area contributed by atoms with Crippen molar-refractivity contribution in [2.75, 3.05) is 13.7 Å². The molecule has 104 valence electrons. The monoisotopic (exact) mass is 329 g/mol. The van der Waals surface area contributed by atoms with E-state index in [2.05, 4.69) is 15.9 Å². The molecule has 0 spiro atoms. The number of carbonyl (C=O) groups excluding carboxylic acids is 1. The molecule has 5 nitrogen and oxygen atoms in total. The van der Waals surface area contributed by atoms with E-state index >= 15 is 0 Å². The number of carboxylic acid groups (broad SMARTS) is 1. The number of carboxylic acids is 1. The van der Waals surface area contributed by atoms with Gasteiger partial charge in [-0.3, -0.25) is 4.79 Å². The number of benzene rings is 1. The van der Waals surface area contributed by atoms with Gasteiger partial charge in [0.2, 0.25) is 0 Å². The molecule has 19 heavy (non-hydrogen) atoms. The van der Waals surface area contributed by atoms with Gasteiger partial charge in [-0.15, -0.1) is 0 Å². The van der Waals surface area contributed by atoms with Crippen LogP contribution < -0.4 is 4.74 Å². The first kappa shape index (κ1) is 15.5. The second-order valence-electron chi connectivity index (χ2n) is 4.56. The Bertz CT molecular complexity index is 487. The maximum atomic E-state index is 11.9. The average Bonchev–Trinajstić information content (AvgIpc) is 2.34. The van der Waals surface area contributed by atoms with Gasteiger partial charge < -0.3 is 14.7 Å². The standard InChI is InChI=1S/C13H16BrNO4/c1-13(2,12(17)18)15(3)11(16)8-19-10-6-4-5-9(14)7-10/h4-7H,8H2,1-3H3,(H,17,18). The minimum atomic E-state index is -1.27. The molecule has 1 N–H and O–H groups in total. The van der Waals surface area contributed by atoms with Crippen LogP contribution >= 0.6 is 15.9 Å². The third-order valence-corrected chi connectivity index (χ3v) is 3.39. The first-order chi connectivity index (χ1) is 8.75. The highest BCUT2D eigenvalue weighted by atomic mass is 79.9. The molecule has 0 bridgehead atoms. The number of hydrogen-bond donors (Lipinski definition) is 1. The van der Waals surface area contributed by atoms with Gasteiger partial charge >= 0.3 is 5.97 Å². The number of aliphatic carboxylic acids is 1. The van der Waals surface area contributed by atoms with Crippen LogP contribution in [0, 0.1) is 0 Å². The molecule has 1 aromatic carbocycles. The number of likely N-dealkylation sites (N-methyl/N-ethyl adjacent to an activating group) is 1. The summed E-state index contributed by atoms with van der Waals surface area (Å²) < 4.78 is 6.17. The molecule has 1 rings (SSSR count). The number of nitrogens with zero attached hydrogens (tertiary/aromatic N) is 1. The fourth-order valence-electron chi connectivity index (χ4n) is 1.25. The number of ether oxygens (including phenoxy) is 1. The lowest BCUT2D eigenvalue weighted by atomic mass is 10.0. The van der Waals surface area contributed by atoms with Gasteiger partial charge in [0.15, 0.2) is 6.61 Å². The van der Waals surface area contributed by atoms with Gasteiger partial charge in [-0.05, 0) is 32.0 Å². The highest BCUT2D eigenvalue weighted by molar-refractivity contribution is 9.10. The van der Waals surface area contributed by atoms with E-state index in [-0.39, 0.29) is 6.61 Å². The molecule has 0 aromatic heterocycles. The SMILES string of the molecule is CN(C(=O)COc1cccc(Br)c1)C(C)(C)C(=O)O. The first-order valence-electron chi connectivity index (χ1n) is 5.63. The van der Waals surface area contributed by atoms with Gasteiger partial charge in [-0.1, -0.05) is 22.0 Å². The smallest absolute Gasteiger partial charge is 0.329 e. The predicted octanol–water partition coefficient (Wildman–Crippen LogP) is 2.15. The van der Waals surface area contributed by atoms with Crippen molar-refractivity contribution in [2.24, 2.45) is 0 Å². The van der Waals surface area contributed by atoms with Crippen molar-refractivity contribution in [2.45, 2.75) is 19.4 Å². The van der Waals surface area contributed by atoms with E-state index < -0.39 is 17.4 Å². The Morgan fingerprint density at radius 2 is 2.05 bits per heavy atom. The molecule has 0 saturated heterocycles. The van der Waals surface area contributed by atoms with E-state index in [1.807, 2.05) is 6.07 Å². The summed E-state index contributed by atoms with van der Waals surface area (Å²) in [5.74, 6) is -0.914. The van der Waals surface area contributed by atoms with Crippen LogP contribution in [0.4, 0.5) is 0 Å². The van der Waals surface area contributed by atoms with Crippen molar-refractivity contribution in [3.05, 3.63) is 28.7 Å². The number of amides is 1. The second-order valence-corrected chi connectivity index (χ2v) is 5.48. The lowest BCUT2D eigenvalue weighted by Crippen LogP contribution is -2.52. The van der Waals surface area contributed by atoms with E-state index in [1.165, 1.54) is 20.9 Å². The summed E-state index contributed by atoms with van der Waals surface area (Å²) in [4.78, 5) is 24.1. The Morgan fingerprint density at radius 3 is 2.58 bits per heavy atom. The maximum Gasteiger partial charge on any atom is 0.329 e. The molecule has 0 aliphatic rings. The van der Waals surface area contributed by atoms with Gasteiger partial charge in [0.25, 0.3) is 5.91 Å². The van der Waals surface area contributed by atoms with Crippen molar-refractivity contribution in [3.63, 3.8) is 0 Å². The topological polar surface area (TPSA) is 66.8 Å². The molecule has 1 amide bonds. The summed E-state index contributed by atoms with van der Waals surface area (Å²) in [7, 11) is 1.45. The van der Waals surface area contributed by atoms with E-state index in [0.29, 0.717) is 5.75 Å². The lowest BCUT2D eigenvalue weighted by Gasteiger charge is -2.31. The highest BCUT2D eigenvalue weighted by Crippen LogP contribution is 2.18. The summed E-state index contributed by atoms with van der Waals surface area (Å²) in [6.07, 6.45) is 0. The van der Waals surface area contributed by atoms with Crippen molar-refractivity contribution in [1.29, 1.82) is 0 Å². The van der Waals surface area contributed by atoms with Gasteiger partial charge in [0.05, 0.1) is 0 Å². The number of carbonyl (C=O) groups is 2. The third-order valence-electron chi connectivity index (χ3n) is 2.89. The Labute approximate surface area is 120 Å². The zero-order valence-electron chi connectivity index (χ0n) is 11.0. The van der Waals surface area contributed by atoms with Crippen LogP contribution in [0.15, 0.2) is 28.7 Å². The molecular weight excluding hydrogens is 314 g/mol. The number of halogens is 1. The van der Waals surface area contributed by atoms with E-state index in [0.717, 1.165) is 9.37 Å². The van der Waals surface area contributed by atoms with Gasteiger partial charge in [-0.25, -0.2) is 4.79 Å². The third kappa shape index (κ3) is 3.96. The van der Waals surface area contributed by atoms with Crippen molar-refractivity contribution in [1.82, 2.24) is 4.90 Å². The summed E-state index contributed by atoms with van der Waals surface area (Å²) in [5, 5.41) is 9.04. The Balaban J connectivity index is 2.63. The van der Waals surface area contributed by atoms with Crippen LogP contribution in [0.2, 0.25) is 0 Å². The Hall–Kier alpha value is -1.56. The predicted molar refractivity (Wildman–Crippen MR) is 74.1 cm³/mol.